The Morgan fingerprint density at radius 3 is 2.69 bits per heavy atom. The van der Waals surface area contributed by atoms with Crippen LogP contribution >= 0.6 is 16.1 Å². The van der Waals surface area contributed by atoms with Crippen LogP contribution in [0.25, 0.3) is 0 Å². The molecule has 4 heteroatoms. The molecule has 0 aromatic carbocycles. The highest BCUT2D eigenvalue weighted by Gasteiger charge is 2.20. The van der Waals surface area contributed by atoms with Crippen LogP contribution in [0.15, 0.2) is 5.10 Å². The summed E-state index contributed by atoms with van der Waals surface area (Å²) in [7, 11) is 0. The van der Waals surface area contributed by atoms with Crippen LogP contribution < -0.4 is 0 Å². The third kappa shape index (κ3) is 3.18. The Kier molecular flexibility index (Phi) is 4.56. The molecule has 1 rings (SSSR count). The largest absolute Gasteiger partial charge is 0.275 e. The van der Waals surface area contributed by atoms with Crippen LogP contribution in [0.2, 0.25) is 0 Å². The molecule has 0 amide bonds. The van der Waals surface area contributed by atoms with Gasteiger partial charge in [0.25, 0.3) is 0 Å². The molecule has 0 saturated heterocycles. The topological polar surface area (TPSA) is 18.8 Å². The van der Waals surface area contributed by atoms with Crippen LogP contribution in [0.5, 0.6) is 0 Å². The lowest BCUT2D eigenvalue weighted by atomic mass is 10.2. The molecule has 0 aromatic rings. The minimum atomic E-state index is 0.363. The number of nitrogens with zero attached hydrogens (tertiary/aromatic N) is 3. The third-order valence-corrected chi connectivity index (χ3v) is 3.12. The second-order valence-electron chi connectivity index (χ2n) is 3.43. The Morgan fingerprint density at radius 2 is 2.15 bits per heavy atom. The van der Waals surface area contributed by atoms with Crippen molar-refractivity contribution in [3.8, 4) is 0 Å². The summed E-state index contributed by atoms with van der Waals surface area (Å²) >= 11 is 3.41. The molecule has 3 nitrogen and oxygen atoms in total. The second-order valence-corrected chi connectivity index (χ2v) is 4.25. The summed E-state index contributed by atoms with van der Waals surface area (Å²) in [6.45, 7) is 5.44. The van der Waals surface area contributed by atoms with Crippen LogP contribution in [-0.4, -0.2) is 28.0 Å². The first-order valence-electron chi connectivity index (χ1n) is 5.00. The van der Waals surface area contributed by atoms with E-state index in [0.717, 1.165) is 6.54 Å². The van der Waals surface area contributed by atoms with Gasteiger partial charge in [-0.2, -0.15) is 5.10 Å². The molecule has 0 spiro atoms. The van der Waals surface area contributed by atoms with E-state index in [9.17, 15) is 0 Å². The molecular weight excluding hydrogens is 230 g/mol. The quantitative estimate of drug-likeness (QED) is 0.550. The maximum atomic E-state index is 4.28. The van der Waals surface area contributed by atoms with E-state index < -0.39 is 0 Å². The van der Waals surface area contributed by atoms with E-state index in [2.05, 4.69) is 40.1 Å². The SMILES string of the molecule is CCCCCCN1N=CN(Br)C1C. The molecule has 1 heterocycles. The summed E-state index contributed by atoms with van der Waals surface area (Å²) < 4.78 is 1.95. The zero-order chi connectivity index (χ0) is 9.68. The second kappa shape index (κ2) is 5.47. The number of unbranched alkanes of at least 4 members (excludes halogenated alkanes) is 3. The van der Waals surface area contributed by atoms with Crippen molar-refractivity contribution in [1.82, 2.24) is 8.93 Å². The molecule has 1 atom stereocenters. The smallest absolute Gasteiger partial charge is 0.126 e. The van der Waals surface area contributed by atoms with E-state index in [1.807, 2.05) is 10.3 Å². The Labute approximate surface area is 89.1 Å². The maximum Gasteiger partial charge on any atom is 0.126 e. The van der Waals surface area contributed by atoms with E-state index in [4.69, 9.17) is 0 Å². The highest BCUT2D eigenvalue weighted by atomic mass is 79.9. The van der Waals surface area contributed by atoms with Crippen LogP contribution in [-0.2, 0) is 0 Å². The first kappa shape index (κ1) is 10.8. The Bertz CT molecular complexity index is 172. The minimum absolute atomic E-state index is 0.363. The van der Waals surface area contributed by atoms with Crippen molar-refractivity contribution in [3.63, 3.8) is 0 Å². The number of hydrogen-bond donors (Lipinski definition) is 0. The van der Waals surface area contributed by atoms with Gasteiger partial charge in [0, 0.05) is 6.54 Å². The van der Waals surface area contributed by atoms with Crippen molar-refractivity contribution in [1.29, 1.82) is 0 Å². The number of halogens is 1. The zero-order valence-electron chi connectivity index (χ0n) is 8.41. The summed E-state index contributed by atoms with van der Waals surface area (Å²) in [5, 5.41) is 6.40. The Morgan fingerprint density at radius 1 is 1.38 bits per heavy atom. The van der Waals surface area contributed by atoms with E-state index in [1.165, 1.54) is 25.7 Å². The molecular formula is C9H18BrN3. The van der Waals surface area contributed by atoms with Gasteiger partial charge >= 0.3 is 0 Å². The lowest BCUT2D eigenvalue weighted by Gasteiger charge is -2.22. The number of hydrogen-bond acceptors (Lipinski definition) is 3. The predicted molar refractivity (Wildman–Crippen MR) is 59.6 cm³/mol. The van der Waals surface area contributed by atoms with Crippen LogP contribution in [0, 0.1) is 0 Å². The van der Waals surface area contributed by atoms with Gasteiger partial charge in [0.1, 0.15) is 12.5 Å². The van der Waals surface area contributed by atoms with Crippen molar-refractivity contribution in [2.45, 2.75) is 45.7 Å². The van der Waals surface area contributed by atoms with Gasteiger partial charge < -0.3 is 0 Å². The maximum absolute atomic E-state index is 4.28. The van der Waals surface area contributed by atoms with Gasteiger partial charge in [-0.25, -0.2) is 0 Å². The van der Waals surface area contributed by atoms with E-state index in [1.54, 1.807) is 0 Å². The molecule has 0 fully saturated rings. The van der Waals surface area contributed by atoms with Gasteiger partial charge in [0.05, 0.1) is 16.1 Å². The van der Waals surface area contributed by atoms with Gasteiger partial charge in [-0.05, 0) is 13.3 Å². The molecule has 0 bridgehead atoms. The monoisotopic (exact) mass is 247 g/mol. The molecule has 0 radical (unpaired) electrons. The van der Waals surface area contributed by atoms with Crippen molar-refractivity contribution in [2.24, 2.45) is 5.10 Å². The van der Waals surface area contributed by atoms with Gasteiger partial charge in [0.2, 0.25) is 0 Å². The summed E-state index contributed by atoms with van der Waals surface area (Å²) in [6.07, 6.45) is 7.38. The van der Waals surface area contributed by atoms with E-state index >= 15 is 0 Å². The summed E-state index contributed by atoms with van der Waals surface area (Å²) in [6, 6.07) is 0. The van der Waals surface area contributed by atoms with E-state index in [-0.39, 0.29) is 0 Å². The lowest BCUT2D eigenvalue weighted by molar-refractivity contribution is 0.195. The molecule has 0 aliphatic carbocycles. The zero-order valence-corrected chi connectivity index (χ0v) is 10.00. The van der Waals surface area contributed by atoms with Gasteiger partial charge in [0.15, 0.2) is 0 Å². The molecule has 0 saturated carbocycles. The highest BCUT2D eigenvalue weighted by Crippen LogP contribution is 2.16. The van der Waals surface area contributed by atoms with Gasteiger partial charge in [-0.3, -0.25) is 8.93 Å². The van der Waals surface area contributed by atoms with Crippen molar-refractivity contribution in [2.75, 3.05) is 6.54 Å². The first-order chi connectivity index (χ1) is 6.25. The molecule has 0 N–H and O–H groups in total. The number of hydrazone groups is 1. The normalized spacial score (nSPS) is 21.6. The van der Waals surface area contributed by atoms with Crippen LogP contribution in [0.4, 0.5) is 0 Å². The van der Waals surface area contributed by atoms with Crippen molar-refractivity contribution < 1.29 is 0 Å². The average molecular weight is 248 g/mol. The molecule has 1 aliphatic rings. The van der Waals surface area contributed by atoms with Crippen LogP contribution in [0.1, 0.15) is 39.5 Å². The average Bonchev–Trinajstić information content (AvgIpc) is 2.43. The van der Waals surface area contributed by atoms with Crippen molar-refractivity contribution >= 4 is 22.5 Å². The van der Waals surface area contributed by atoms with E-state index in [0.29, 0.717) is 6.17 Å². The predicted octanol–water partition coefficient (Wildman–Crippen LogP) is 2.78. The molecule has 76 valence electrons. The summed E-state index contributed by atoms with van der Waals surface area (Å²) in [4.78, 5) is 0. The standard InChI is InChI=1S/C9H18BrN3/c1-3-4-5-6-7-13-9(2)12(10)8-11-13/h8-9H,3-7H2,1-2H3. The Hall–Kier alpha value is -0.250. The van der Waals surface area contributed by atoms with Gasteiger partial charge in [-0.15, -0.1) is 0 Å². The highest BCUT2D eigenvalue weighted by molar-refractivity contribution is 9.07. The van der Waals surface area contributed by atoms with Crippen molar-refractivity contribution in [3.05, 3.63) is 0 Å². The van der Waals surface area contributed by atoms with Crippen LogP contribution in [0.3, 0.4) is 0 Å². The summed E-state index contributed by atoms with van der Waals surface area (Å²) in [5.41, 5.74) is 0. The first-order valence-corrected chi connectivity index (χ1v) is 5.71. The molecule has 0 aromatic heterocycles. The summed E-state index contributed by atoms with van der Waals surface area (Å²) in [5.74, 6) is 0. The number of rotatable bonds is 5. The fraction of sp³-hybridized carbons (Fsp3) is 0.889. The Balaban J connectivity index is 2.12. The molecule has 1 unspecified atom stereocenters. The van der Waals surface area contributed by atoms with Gasteiger partial charge in [-0.1, -0.05) is 26.2 Å². The lowest BCUT2D eigenvalue weighted by Crippen LogP contribution is -2.31. The third-order valence-electron chi connectivity index (χ3n) is 2.34. The molecule has 13 heavy (non-hydrogen) atoms. The fourth-order valence-electron chi connectivity index (χ4n) is 1.38. The minimum Gasteiger partial charge on any atom is -0.275 e. The fourth-order valence-corrected chi connectivity index (χ4v) is 1.67. The molecule has 1 aliphatic heterocycles.